The molecule has 1 aromatic carbocycles. The normalized spacial score (nSPS) is 9.70. The summed E-state index contributed by atoms with van der Waals surface area (Å²) < 4.78 is 5.14. The highest BCUT2D eigenvalue weighted by Crippen LogP contribution is 2.09. The molecule has 0 saturated carbocycles. The number of carbonyl (C=O) groups excluding carboxylic acids is 1. The Morgan fingerprint density at radius 1 is 1.30 bits per heavy atom. The molecule has 20 heavy (non-hydrogen) atoms. The number of carbonyl (C=O) groups is 1. The highest BCUT2D eigenvalue weighted by atomic mass is 16.3. The van der Waals surface area contributed by atoms with Gasteiger partial charge >= 0.3 is 0 Å². The predicted octanol–water partition coefficient (Wildman–Crippen LogP) is 1.83. The molecular weight excluding hydrogens is 252 g/mol. The van der Waals surface area contributed by atoms with Gasteiger partial charge in [-0.15, -0.1) is 0 Å². The number of rotatable bonds is 3. The van der Waals surface area contributed by atoms with Crippen LogP contribution in [0.15, 0.2) is 41.0 Å². The van der Waals surface area contributed by atoms with E-state index in [0.29, 0.717) is 18.8 Å². The molecule has 102 valence electrons. The molecule has 0 aliphatic rings. The Balaban J connectivity index is 1.94. The van der Waals surface area contributed by atoms with Crippen molar-refractivity contribution in [3.05, 3.63) is 59.0 Å². The van der Waals surface area contributed by atoms with Gasteiger partial charge in [0.1, 0.15) is 0 Å². The summed E-state index contributed by atoms with van der Waals surface area (Å²) >= 11 is 0. The van der Waals surface area contributed by atoms with Gasteiger partial charge in [-0.2, -0.15) is 0 Å². The van der Waals surface area contributed by atoms with Gasteiger partial charge in [0.15, 0.2) is 5.76 Å². The van der Waals surface area contributed by atoms with Gasteiger partial charge < -0.3 is 15.5 Å². The van der Waals surface area contributed by atoms with Gasteiger partial charge in [-0.05, 0) is 30.7 Å². The van der Waals surface area contributed by atoms with Crippen LogP contribution in [0.5, 0.6) is 0 Å². The summed E-state index contributed by atoms with van der Waals surface area (Å²) in [6.45, 7) is 2.63. The summed E-state index contributed by atoms with van der Waals surface area (Å²) in [5.74, 6) is 5.89. The fraction of sp³-hybridized carbons (Fsp3) is 0.188. The first kappa shape index (κ1) is 13.9. The largest absolute Gasteiger partial charge is 0.459 e. The minimum absolute atomic E-state index is 0.209. The van der Waals surface area contributed by atoms with Crippen LogP contribution in [0.1, 0.15) is 27.2 Å². The van der Waals surface area contributed by atoms with Gasteiger partial charge in [0.25, 0.3) is 5.91 Å². The number of benzene rings is 1. The van der Waals surface area contributed by atoms with E-state index < -0.39 is 0 Å². The van der Waals surface area contributed by atoms with E-state index in [1.807, 2.05) is 31.2 Å². The van der Waals surface area contributed by atoms with Gasteiger partial charge in [0.2, 0.25) is 0 Å². The Morgan fingerprint density at radius 2 is 2.05 bits per heavy atom. The van der Waals surface area contributed by atoms with E-state index in [1.165, 1.54) is 6.26 Å². The van der Waals surface area contributed by atoms with Gasteiger partial charge in [0.05, 0.1) is 12.8 Å². The SMILES string of the molecule is Cc1ccoc1C(=O)NCc1ccc(C#CCN)cc1. The zero-order valence-electron chi connectivity index (χ0n) is 11.3. The number of nitrogens with two attached hydrogens (primary N) is 1. The molecule has 4 nitrogen and oxygen atoms in total. The first-order valence-electron chi connectivity index (χ1n) is 6.31. The van der Waals surface area contributed by atoms with Gasteiger partial charge in [-0.3, -0.25) is 4.79 Å². The monoisotopic (exact) mass is 268 g/mol. The Hall–Kier alpha value is -2.51. The molecule has 2 aromatic rings. The van der Waals surface area contributed by atoms with Crippen molar-refractivity contribution in [3.63, 3.8) is 0 Å². The molecule has 0 saturated heterocycles. The lowest BCUT2D eigenvalue weighted by atomic mass is 10.1. The lowest BCUT2D eigenvalue weighted by Crippen LogP contribution is -2.22. The second-order valence-corrected chi connectivity index (χ2v) is 4.32. The molecule has 0 fully saturated rings. The zero-order chi connectivity index (χ0) is 14.4. The Kier molecular flexibility index (Phi) is 4.59. The van der Waals surface area contributed by atoms with Crippen molar-refractivity contribution in [1.82, 2.24) is 5.32 Å². The van der Waals surface area contributed by atoms with E-state index in [4.69, 9.17) is 10.2 Å². The van der Waals surface area contributed by atoms with Crippen LogP contribution in [0.4, 0.5) is 0 Å². The van der Waals surface area contributed by atoms with Crippen LogP contribution < -0.4 is 11.1 Å². The summed E-state index contributed by atoms with van der Waals surface area (Å²) in [6, 6.07) is 9.43. The first-order valence-corrected chi connectivity index (χ1v) is 6.31. The second kappa shape index (κ2) is 6.60. The van der Waals surface area contributed by atoms with Crippen LogP contribution in [-0.2, 0) is 6.54 Å². The van der Waals surface area contributed by atoms with Crippen molar-refractivity contribution < 1.29 is 9.21 Å². The number of hydrogen-bond donors (Lipinski definition) is 2. The van der Waals surface area contributed by atoms with Crippen LogP contribution >= 0.6 is 0 Å². The smallest absolute Gasteiger partial charge is 0.287 e. The lowest BCUT2D eigenvalue weighted by Gasteiger charge is -2.04. The Labute approximate surface area is 118 Å². The topological polar surface area (TPSA) is 68.3 Å². The molecule has 3 N–H and O–H groups in total. The molecule has 0 radical (unpaired) electrons. The van der Waals surface area contributed by atoms with Crippen molar-refractivity contribution in [2.24, 2.45) is 5.73 Å². The quantitative estimate of drug-likeness (QED) is 0.834. The molecule has 0 spiro atoms. The number of nitrogens with one attached hydrogen (secondary N) is 1. The number of hydrogen-bond acceptors (Lipinski definition) is 3. The van der Waals surface area contributed by atoms with Crippen molar-refractivity contribution in [3.8, 4) is 11.8 Å². The van der Waals surface area contributed by atoms with E-state index in [1.54, 1.807) is 6.07 Å². The average Bonchev–Trinajstić information content (AvgIpc) is 2.90. The average molecular weight is 268 g/mol. The van der Waals surface area contributed by atoms with Crippen molar-refractivity contribution in [1.29, 1.82) is 0 Å². The maximum Gasteiger partial charge on any atom is 0.287 e. The number of aryl methyl sites for hydroxylation is 1. The summed E-state index contributed by atoms with van der Waals surface area (Å²) in [7, 11) is 0. The molecule has 1 aromatic heterocycles. The molecule has 0 bridgehead atoms. The summed E-state index contributed by atoms with van der Waals surface area (Å²) in [4.78, 5) is 11.9. The molecule has 4 heteroatoms. The highest BCUT2D eigenvalue weighted by molar-refractivity contribution is 5.92. The maximum atomic E-state index is 11.9. The van der Waals surface area contributed by atoms with Crippen molar-refractivity contribution >= 4 is 5.91 Å². The van der Waals surface area contributed by atoms with E-state index in [2.05, 4.69) is 17.2 Å². The highest BCUT2D eigenvalue weighted by Gasteiger charge is 2.11. The van der Waals surface area contributed by atoms with Crippen molar-refractivity contribution in [2.45, 2.75) is 13.5 Å². The van der Waals surface area contributed by atoms with Crippen LogP contribution in [-0.4, -0.2) is 12.5 Å². The third kappa shape index (κ3) is 3.50. The van der Waals surface area contributed by atoms with Gasteiger partial charge in [-0.1, -0.05) is 24.0 Å². The fourth-order valence-corrected chi connectivity index (χ4v) is 1.73. The zero-order valence-corrected chi connectivity index (χ0v) is 11.3. The van der Waals surface area contributed by atoms with Crippen LogP contribution in [0.2, 0.25) is 0 Å². The lowest BCUT2D eigenvalue weighted by molar-refractivity contribution is 0.0922. The fourth-order valence-electron chi connectivity index (χ4n) is 1.73. The van der Waals surface area contributed by atoms with E-state index >= 15 is 0 Å². The third-order valence-corrected chi connectivity index (χ3v) is 2.81. The van der Waals surface area contributed by atoms with E-state index in [0.717, 1.165) is 16.7 Å². The molecule has 1 heterocycles. The molecule has 0 aliphatic heterocycles. The molecule has 0 aliphatic carbocycles. The maximum absolute atomic E-state index is 11.9. The third-order valence-electron chi connectivity index (χ3n) is 2.81. The number of furan rings is 1. The molecule has 1 amide bonds. The molecule has 0 atom stereocenters. The van der Waals surface area contributed by atoms with Crippen LogP contribution in [0, 0.1) is 18.8 Å². The van der Waals surface area contributed by atoms with E-state index in [-0.39, 0.29) is 5.91 Å². The Bertz CT molecular complexity index is 645. The standard InChI is InChI=1S/C16H16N2O2/c1-12-8-10-20-15(12)16(19)18-11-14-6-4-13(5-7-14)3-2-9-17/h4-8,10H,9,11,17H2,1H3,(H,18,19). The van der Waals surface area contributed by atoms with Gasteiger partial charge in [-0.25, -0.2) is 0 Å². The summed E-state index contributed by atoms with van der Waals surface area (Å²) in [6.07, 6.45) is 1.51. The van der Waals surface area contributed by atoms with Gasteiger partial charge in [0, 0.05) is 17.7 Å². The van der Waals surface area contributed by atoms with Crippen molar-refractivity contribution in [2.75, 3.05) is 6.54 Å². The summed E-state index contributed by atoms with van der Waals surface area (Å²) in [5.41, 5.74) is 8.05. The molecule has 2 rings (SSSR count). The van der Waals surface area contributed by atoms with Crippen LogP contribution in [0.3, 0.4) is 0 Å². The Morgan fingerprint density at radius 3 is 2.65 bits per heavy atom. The molecule has 0 unspecified atom stereocenters. The minimum atomic E-state index is -0.209. The first-order chi connectivity index (χ1) is 9.70. The van der Waals surface area contributed by atoms with Crippen LogP contribution in [0.25, 0.3) is 0 Å². The second-order valence-electron chi connectivity index (χ2n) is 4.32. The number of amides is 1. The summed E-state index contributed by atoms with van der Waals surface area (Å²) in [5, 5.41) is 2.82. The molecular formula is C16H16N2O2. The minimum Gasteiger partial charge on any atom is -0.459 e. The van der Waals surface area contributed by atoms with E-state index in [9.17, 15) is 4.79 Å². The predicted molar refractivity (Wildman–Crippen MR) is 77.0 cm³/mol.